The van der Waals surface area contributed by atoms with Crippen molar-refractivity contribution in [2.45, 2.75) is 18.8 Å². The average Bonchev–Trinajstić information content (AvgIpc) is 2.73. The second-order valence-electron chi connectivity index (χ2n) is 4.09. The first kappa shape index (κ1) is 9.96. The minimum absolute atomic E-state index is 0.0226. The Morgan fingerprint density at radius 2 is 2.25 bits per heavy atom. The number of fused-ring (bicyclic) bond motifs is 1. The maximum absolute atomic E-state index is 11.2. The quantitative estimate of drug-likeness (QED) is 0.817. The summed E-state index contributed by atoms with van der Waals surface area (Å²) in [6.45, 7) is 0. The molecule has 3 heterocycles. The van der Waals surface area contributed by atoms with Crippen LogP contribution in [0, 0.1) is 0 Å². The molecule has 1 fully saturated rings. The molecule has 2 aromatic heterocycles. The number of hydrogen-bond acceptors (Lipinski definition) is 3. The van der Waals surface area contributed by atoms with Gasteiger partial charge in [-0.15, -0.1) is 0 Å². The predicted molar refractivity (Wildman–Crippen MR) is 65.1 cm³/mol. The molecule has 1 N–H and O–H groups in total. The first-order valence-corrected chi connectivity index (χ1v) is 6.64. The summed E-state index contributed by atoms with van der Waals surface area (Å²) in [4.78, 5) is 11.2. The van der Waals surface area contributed by atoms with Gasteiger partial charge in [-0.25, -0.2) is 0 Å². The monoisotopic (exact) mass is 235 g/mol. The minimum atomic E-state index is 0.0226. The molecule has 3 rings (SSSR count). The average molecular weight is 235 g/mol. The third kappa shape index (κ3) is 1.65. The van der Waals surface area contributed by atoms with E-state index in [1.54, 1.807) is 12.1 Å². The van der Waals surface area contributed by atoms with Gasteiger partial charge in [-0.2, -0.15) is 16.9 Å². The maximum Gasteiger partial charge on any atom is 0.183 e. The van der Waals surface area contributed by atoms with Crippen LogP contribution in [0.4, 0.5) is 0 Å². The van der Waals surface area contributed by atoms with Gasteiger partial charge < -0.3 is 0 Å². The van der Waals surface area contributed by atoms with Crippen LogP contribution in [0.3, 0.4) is 0 Å². The second-order valence-corrected chi connectivity index (χ2v) is 5.31. The van der Waals surface area contributed by atoms with E-state index >= 15 is 0 Å². The van der Waals surface area contributed by atoms with Crippen molar-refractivity contribution in [2.75, 3.05) is 11.5 Å². The Bertz CT molecular complexity index is 554. The molecule has 5 heteroatoms. The van der Waals surface area contributed by atoms with Gasteiger partial charge in [0.2, 0.25) is 0 Å². The fourth-order valence-corrected chi connectivity index (χ4v) is 3.29. The smallest absolute Gasteiger partial charge is 0.183 e. The first-order chi connectivity index (χ1) is 7.84. The molecule has 0 spiro atoms. The molecule has 0 radical (unpaired) electrons. The molecule has 1 aliphatic rings. The van der Waals surface area contributed by atoms with Gasteiger partial charge >= 0.3 is 0 Å². The summed E-state index contributed by atoms with van der Waals surface area (Å²) in [6.07, 6.45) is 4.17. The highest BCUT2D eigenvalue weighted by Gasteiger charge is 2.20. The standard InChI is InChI=1S/C11H13N3OS/c15-9-1-4-14-10(7-9)12-13-11(14)8-2-5-16-6-3-8/h1,4,7-8,12H,2-3,5-6H2. The molecular weight excluding hydrogens is 222 g/mol. The lowest BCUT2D eigenvalue weighted by molar-refractivity contribution is 0.592. The summed E-state index contributed by atoms with van der Waals surface area (Å²) in [6, 6.07) is 3.18. The third-order valence-electron chi connectivity index (χ3n) is 3.04. The Hall–Kier alpha value is -1.23. The van der Waals surface area contributed by atoms with Crippen LogP contribution in [0.2, 0.25) is 0 Å². The zero-order valence-electron chi connectivity index (χ0n) is 8.85. The number of H-pyrrole nitrogens is 1. The van der Waals surface area contributed by atoms with Crippen LogP contribution in [0.25, 0.3) is 5.65 Å². The molecule has 0 saturated carbocycles. The molecule has 16 heavy (non-hydrogen) atoms. The number of aromatic amines is 1. The number of thioether (sulfide) groups is 1. The van der Waals surface area contributed by atoms with Crippen molar-refractivity contribution in [3.8, 4) is 0 Å². The molecule has 0 bridgehead atoms. The molecule has 1 aliphatic heterocycles. The number of nitrogens with zero attached hydrogens (tertiary/aromatic N) is 2. The number of aromatic nitrogens is 3. The van der Waals surface area contributed by atoms with E-state index in [1.807, 2.05) is 22.4 Å². The third-order valence-corrected chi connectivity index (χ3v) is 4.09. The Morgan fingerprint density at radius 1 is 1.44 bits per heavy atom. The van der Waals surface area contributed by atoms with Gasteiger partial charge in [-0.05, 0) is 24.3 Å². The van der Waals surface area contributed by atoms with Gasteiger partial charge in [0.1, 0.15) is 11.5 Å². The summed E-state index contributed by atoms with van der Waals surface area (Å²) in [5.41, 5.74) is 0.815. The van der Waals surface area contributed by atoms with E-state index < -0.39 is 0 Å². The maximum atomic E-state index is 11.2. The lowest BCUT2D eigenvalue weighted by Gasteiger charge is -2.19. The molecule has 1 saturated heterocycles. The number of rotatable bonds is 1. The highest BCUT2D eigenvalue weighted by atomic mass is 32.2. The van der Waals surface area contributed by atoms with Gasteiger partial charge in [0.05, 0.1) is 0 Å². The molecule has 0 aromatic carbocycles. The lowest BCUT2D eigenvalue weighted by atomic mass is 10.0. The highest BCUT2D eigenvalue weighted by Crippen LogP contribution is 2.30. The van der Waals surface area contributed by atoms with Gasteiger partial charge in [0.25, 0.3) is 0 Å². The van der Waals surface area contributed by atoms with Gasteiger partial charge in [0, 0.05) is 24.2 Å². The lowest BCUT2D eigenvalue weighted by Crippen LogP contribution is -2.11. The molecule has 0 amide bonds. The summed E-state index contributed by atoms with van der Waals surface area (Å²) < 4.78 is 2.00. The predicted octanol–water partition coefficient (Wildman–Crippen LogP) is 1.63. The van der Waals surface area contributed by atoms with Crippen molar-refractivity contribution in [1.82, 2.24) is 14.6 Å². The fourth-order valence-electron chi connectivity index (χ4n) is 2.18. The number of hydrogen-bond donors (Lipinski definition) is 1. The van der Waals surface area contributed by atoms with Gasteiger partial charge in [-0.1, -0.05) is 0 Å². The molecule has 84 valence electrons. The second kappa shape index (κ2) is 3.97. The van der Waals surface area contributed by atoms with Crippen molar-refractivity contribution < 1.29 is 0 Å². The molecule has 0 atom stereocenters. The van der Waals surface area contributed by atoms with Crippen molar-refractivity contribution in [3.05, 3.63) is 34.4 Å². The summed E-state index contributed by atoms with van der Waals surface area (Å²) >= 11 is 2.01. The highest BCUT2D eigenvalue weighted by molar-refractivity contribution is 7.99. The van der Waals surface area contributed by atoms with Crippen LogP contribution >= 0.6 is 11.8 Å². The Morgan fingerprint density at radius 3 is 3.06 bits per heavy atom. The largest absolute Gasteiger partial charge is 0.290 e. The van der Waals surface area contributed by atoms with Crippen LogP contribution < -0.4 is 5.43 Å². The normalized spacial score (nSPS) is 18.0. The van der Waals surface area contributed by atoms with Gasteiger partial charge in [0.15, 0.2) is 5.43 Å². The van der Waals surface area contributed by atoms with E-state index in [0.29, 0.717) is 5.92 Å². The van der Waals surface area contributed by atoms with E-state index in [1.165, 1.54) is 24.3 Å². The summed E-state index contributed by atoms with van der Waals surface area (Å²) in [5.74, 6) is 4.01. The zero-order valence-corrected chi connectivity index (χ0v) is 9.67. The Labute approximate surface area is 97.1 Å². The number of pyridine rings is 1. The van der Waals surface area contributed by atoms with Crippen molar-refractivity contribution in [1.29, 1.82) is 0 Å². The van der Waals surface area contributed by atoms with E-state index in [4.69, 9.17) is 0 Å². The SMILES string of the molecule is O=c1ccn2c(C3CCSCC3)n[nH]c2c1. The van der Waals surface area contributed by atoms with Crippen molar-refractivity contribution in [2.24, 2.45) is 0 Å². The molecule has 4 nitrogen and oxygen atoms in total. The summed E-state index contributed by atoms with van der Waals surface area (Å²) in [7, 11) is 0. The molecule has 0 aliphatic carbocycles. The molecule has 0 unspecified atom stereocenters. The van der Waals surface area contributed by atoms with Crippen LogP contribution in [-0.2, 0) is 0 Å². The zero-order chi connectivity index (χ0) is 11.0. The van der Waals surface area contributed by atoms with Crippen LogP contribution in [0.15, 0.2) is 23.1 Å². The summed E-state index contributed by atoms with van der Waals surface area (Å²) in [5, 5.41) is 7.28. The fraction of sp³-hybridized carbons (Fsp3) is 0.455. The van der Waals surface area contributed by atoms with Crippen molar-refractivity contribution in [3.63, 3.8) is 0 Å². The topological polar surface area (TPSA) is 50.2 Å². The Kier molecular flexibility index (Phi) is 2.47. The van der Waals surface area contributed by atoms with E-state index in [-0.39, 0.29) is 5.43 Å². The van der Waals surface area contributed by atoms with Crippen LogP contribution in [0.1, 0.15) is 24.6 Å². The first-order valence-electron chi connectivity index (χ1n) is 5.49. The number of nitrogens with one attached hydrogen (secondary N) is 1. The Balaban J connectivity index is 2.06. The van der Waals surface area contributed by atoms with Gasteiger partial charge in [-0.3, -0.25) is 14.3 Å². The van der Waals surface area contributed by atoms with Crippen LogP contribution in [-0.4, -0.2) is 26.1 Å². The molecular formula is C11H13N3OS. The van der Waals surface area contributed by atoms with Crippen LogP contribution in [0.5, 0.6) is 0 Å². The molecule has 2 aromatic rings. The van der Waals surface area contributed by atoms with E-state index in [9.17, 15) is 4.79 Å². The van der Waals surface area contributed by atoms with E-state index in [0.717, 1.165) is 11.5 Å². The van der Waals surface area contributed by atoms with E-state index in [2.05, 4.69) is 10.2 Å². The van der Waals surface area contributed by atoms with Crippen molar-refractivity contribution >= 4 is 17.4 Å². The minimum Gasteiger partial charge on any atom is -0.290 e.